The van der Waals surface area contributed by atoms with E-state index < -0.39 is 0 Å². The van der Waals surface area contributed by atoms with Gasteiger partial charge in [-0.3, -0.25) is 0 Å². The molecule has 0 radical (unpaired) electrons. The lowest BCUT2D eigenvalue weighted by atomic mass is 10.0. The number of hydrogen-bond donors (Lipinski definition) is 1. The summed E-state index contributed by atoms with van der Waals surface area (Å²) in [5.74, 6) is 0. The molecule has 0 fully saturated rings. The molecular weight excluding hydrogens is 273 g/mol. The molecule has 0 aromatic carbocycles. The van der Waals surface area contributed by atoms with Gasteiger partial charge in [0.2, 0.25) is 0 Å². The van der Waals surface area contributed by atoms with E-state index in [1.54, 1.807) is 0 Å². The van der Waals surface area contributed by atoms with Gasteiger partial charge in [-0.05, 0) is 38.8 Å². The van der Waals surface area contributed by atoms with Crippen molar-refractivity contribution in [3.63, 3.8) is 0 Å². The zero-order valence-electron chi connectivity index (χ0n) is 10.4. The molecule has 0 spiro atoms. The largest absolute Gasteiger partial charge is 0.310 e. The summed E-state index contributed by atoms with van der Waals surface area (Å²) in [6, 6.07) is 2.25. The summed E-state index contributed by atoms with van der Waals surface area (Å²) in [5.41, 5.74) is 2.32. The van der Waals surface area contributed by atoms with Crippen LogP contribution in [0.25, 0.3) is 0 Å². The van der Waals surface area contributed by atoms with Crippen LogP contribution in [0.1, 0.15) is 44.7 Å². The van der Waals surface area contributed by atoms with Crippen LogP contribution in [0.2, 0.25) is 8.67 Å². The van der Waals surface area contributed by atoms with Gasteiger partial charge < -0.3 is 5.32 Å². The second kappa shape index (κ2) is 7.42. The van der Waals surface area contributed by atoms with Gasteiger partial charge in [-0.25, -0.2) is 0 Å². The van der Waals surface area contributed by atoms with Gasteiger partial charge in [0.05, 0.1) is 8.67 Å². The Morgan fingerprint density at radius 3 is 2.71 bits per heavy atom. The van der Waals surface area contributed by atoms with Crippen LogP contribution < -0.4 is 5.32 Å². The Bertz CT molecular complexity index is 373. The van der Waals surface area contributed by atoms with E-state index in [1.165, 1.54) is 16.9 Å². The number of allylic oxidation sites excluding steroid dienone is 1. The van der Waals surface area contributed by atoms with Crippen LogP contribution in [-0.2, 0) is 0 Å². The third-order valence-electron chi connectivity index (χ3n) is 2.56. The Kier molecular flexibility index (Phi) is 6.57. The van der Waals surface area contributed by atoms with Crippen molar-refractivity contribution >= 4 is 34.5 Å². The van der Waals surface area contributed by atoms with Gasteiger partial charge in [-0.1, -0.05) is 35.7 Å². The van der Waals surface area contributed by atoms with Gasteiger partial charge in [0, 0.05) is 11.6 Å². The molecule has 1 rings (SSSR count). The highest BCUT2D eigenvalue weighted by molar-refractivity contribution is 7.20. The first-order valence-electron chi connectivity index (χ1n) is 5.87. The van der Waals surface area contributed by atoms with Crippen molar-refractivity contribution in [2.24, 2.45) is 0 Å². The first kappa shape index (κ1) is 15.0. The second-order valence-corrected chi connectivity index (χ2v) is 6.57. The molecule has 1 heterocycles. The maximum Gasteiger partial charge on any atom is 0.0991 e. The number of nitrogens with one attached hydrogen (secondary N) is 1. The fraction of sp³-hybridized carbons (Fsp3) is 0.538. The molecule has 0 aliphatic heterocycles. The van der Waals surface area contributed by atoms with E-state index in [2.05, 4.69) is 25.7 Å². The Labute approximate surface area is 118 Å². The first-order valence-corrected chi connectivity index (χ1v) is 7.44. The lowest BCUT2D eigenvalue weighted by Gasteiger charge is -2.18. The summed E-state index contributed by atoms with van der Waals surface area (Å²) in [6.07, 6.45) is 3.13. The van der Waals surface area contributed by atoms with Gasteiger partial charge in [0.1, 0.15) is 0 Å². The number of halogens is 2. The first-order chi connectivity index (χ1) is 8.04. The van der Waals surface area contributed by atoms with Gasteiger partial charge in [0.25, 0.3) is 0 Å². The Morgan fingerprint density at radius 2 is 2.24 bits per heavy atom. The van der Waals surface area contributed by atoms with Crippen molar-refractivity contribution in [2.45, 2.75) is 39.2 Å². The standard InChI is InChI=1S/C13H19Cl2NS/c1-4-7-16-11(6-5-9(2)3)10-8-12(14)17-13(10)15/h8,11,16H,2,4-7H2,1,3H3. The molecule has 96 valence electrons. The fourth-order valence-corrected chi connectivity index (χ4v) is 3.25. The van der Waals surface area contributed by atoms with Crippen LogP contribution >= 0.6 is 34.5 Å². The van der Waals surface area contributed by atoms with Crippen LogP contribution in [0.4, 0.5) is 0 Å². The van der Waals surface area contributed by atoms with E-state index in [0.717, 1.165) is 40.0 Å². The van der Waals surface area contributed by atoms with Crippen molar-refractivity contribution < 1.29 is 0 Å². The average Bonchev–Trinajstić information content (AvgIpc) is 2.58. The Hall–Kier alpha value is -0.0200. The maximum absolute atomic E-state index is 6.21. The fourth-order valence-electron chi connectivity index (χ4n) is 1.67. The summed E-state index contributed by atoms with van der Waals surface area (Å²) in [5, 5.41) is 3.52. The van der Waals surface area contributed by atoms with E-state index in [-0.39, 0.29) is 6.04 Å². The molecule has 4 heteroatoms. The molecule has 1 N–H and O–H groups in total. The molecule has 0 saturated carbocycles. The summed E-state index contributed by atoms with van der Waals surface area (Å²) in [7, 11) is 0. The summed E-state index contributed by atoms with van der Waals surface area (Å²) >= 11 is 13.6. The number of rotatable bonds is 7. The van der Waals surface area contributed by atoms with Gasteiger partial charge in [-0.2, -0.15) is 0 Å². The molecule has 0 bridgehead atoms. The predicted octanol–water partition coefficient (Wildman–Crippen LogP) is 5.45. The Morgan fingerprint density at radius 1 is 1.53 bits per heavy atom. The summed E-state index contributed by atoms with van der Waals surface area (Å²) < 4.78 is 1.55. The third kappa shape index (κ3) is 5.01. The summed E-state index contributed by atoms with van der Waals surface area (Å²) in [6.45, 7) is 9.15. The molecule has 0 aliphatic rings. The lowest BCUT2D eigenvalue weighted by molar-refractivity contribution is 0.500. The van der Waals surface area contributed by atoms with Crippen LogP contribution in [0.15, 0.2) is 18.2 Å². The highest BCUT2D eigenvalue weighted by atomic mass is 35.5. The van der Waals surface area contributed by atoms with Crippen molar-refractivity contribution in [3.05, 3.63) is 32.5 Å². The van der Waals surface area contributed by atoms with E-state index in [0.29, 0.717) is 0 Å². The molecule has 1 unspecified atom stereocenters. The van der Waals surface area contributed by atoms with Crippen molar-refractivity contribution in [3.8, 4) is 0 Å². The molecule has 1 aromatic heterocycles. The smallest absolute Gasteiger partial charge is 0.0991 e. The average molecular weight is 292 g/mol. The van der Waals surface area contributed by atoms with E-state index in [9.17, 15) is 0 Å². The Balaban J connectivity index is 2.74. The quantitative estimate of drug-likeness (QED) is 0.659. The number of thiophene rings is 1. The molecule has 1 nitrogen and oxygen atoms in total. The lowest BCUT2D eigenvalue weighted by Crippen LogP contribution is -2.22. The van der Waals surface area contributed by atoms with Crippen LogP contribution in [-0.4, -0.2) is 6.54 Å². The van der Waals surface area contributed by atoms with Crippen LogP contribution in [0.5, 0.6) is 0 Å². The molecule has 0 saturated heterocycles. The van der Waals surface area contributed by atoms with E-state index in [4.69, 9.17) is 23.2 Å². The minimum atomic E-state index is 0.280. The monoisotopic (exact) mass is 291 g/mol. The van der Waals surface area contributed by atoms with Crippen molar-refractivity contribution in [2.75, 3.05) is 6.54 Å². The highest BCUT2D eigenvalue weighted by Gasteiger charge is 2.16. The molecule has 17 heavy (non-hydrogen) atoms. The zero-order valence-corrected chi connectivity index (χ0v) is 12.7. The second-order valence-electron chi connectivity index (χ2n) is 4.28. The van der Waals surface area contributed by atoms with Gasteiger partial charge >= 0.3 is 0 Å². The van der Waals surface area contributed by atoms with Crippen LogP contribution in [0.3, 0.4) is 0 Å². The van der Waals surface area contributed by atoms with E-state index >= 15 is 0 Å². The summed E-state index contributed by atoms with van der Waals surface area (Å²) in [4.78, 5) is 0. The molecule has 1 atom stereocenters. The van der Waals surface area contributed by atoms with E-state index in [1.807, 2.05) is 6.07 Å². The maximum atomic E-state index is 6.21. The van der Waals surface area contributed by atoms with Gasteiger partial charge in [-0.15, -0.1) is 17.9 Å². The van der Waals surface area contributed by atoms with Crippen molar-refractivity contribution in [1.29, 1.82) is 0 Å². The third-order valence-corrected chi connectivity index (χ3v) is 4.08. The number of hydrogen-bond acceptors (Lipinski definition) is 2. The topological polar surface area (TPSA) is 12.0 Å². The normalized spacial score (nSPS) is 12.7. The van der Waals surface area contributed by atoms with Crippen LogP contribution in [0, 0.1) is 0 Å². The highest BCUT2D eigenvalue weighted by Crippen LogP contribution is 2.36. The zero-order chi connectivity index (χ0) is 12.8. The predicted molar refractivity (Wildman–Crippen MR) is 79.4 cm³/mol. The minimum Gasteiger partial charge on any atom is -0.310 e. The minimum absolute atomic E-state index is 0.280. The molecular formula is C13H19Cl2NS. The SMILES string of the molecule is C=C(C)CCC(NCCC)c1cc(Cl)sc1Cl. The molecule has 1 aromatic rings. The molecule has 0 amide bonds. The molecule has 0 aliphatic carbocycles. The van der Waals surface area contributed by atoms with Crippen molar-refractivity contribution in [1.82, 2.24) is 5.32 Å². The van der Waals surface area contributed by atoms with Gasteiger partial charge in [0.15, 0.2) is 0 Å².